The Morgan fingerprint density at radius 2 is 2.06 bits per heavy atom. The third-order valence-electron chi connectivity index (χ3n) is 2.75. The first kappa shape index (κ1) is 13.0. The Labute approximate surface area is 106 Å². The summed E-state index contributed by atoms with van der Waals surface area (Å²) in [5.74, 6) is -0.0254. The second-order valence-electron chi connectivity index (χ2n) is 4.26. The van der Waals surface area contributed by atoms with E-state index in [-0.39, 0.29) is 11.9 Å². The number of sulfonamides is 1. The van der Waals surface area contributed by atoms with Gasteiger partial charge in [-0.2, -0.15) is 0 Å². The normalized spacial score (nSPS) is 19.7. The summed E-state index contributed by atoms with van der Waals surface area (Å²) in [6.45, 7) is 0.633. The van der Waals surface area contributed by atoms with Crippen LogP contribution in [0.2, 0.25) is 0 Å². The van der Waals surface area contributed by atoms with E-state index in [4.69, 9.17) is 4.74 Å². The van der Waals surface area contributed by atoms with Crippen LogP contribution in [0.15, 0.2) is 24.3 Å². The zero-order chi connectivity index (χ0) is 13.0. The third-order valence-corrected chi connectivity index (χ3v) is 4.11. The summed E-state index contributed by atoms with van der Waals surface area (Å²) in [6, 6.07) is 6.27. The molecule has 0 aromatic heterocycles. The van der Waals surface area contributed by atoms with Crippen LogP contribution in [0, 0.1) is 0 Å². The van der Waals surface area contributed by atoms with Crippen LogP contribution in [-0.4, -0.2) is 33.2 Å². The van der Waals surface area contributed by atoms with E-state index in [1.807, 2.05) is 0 Å². The van der Waals surface area contributed by atoms with Gasteiger partial charge in [-0.15, -0.1) is 0 Å². The average Bonchev–Trinajstić information content (AvgIpc) is 2.81. The molecular formula is C12H15NO4S. The van der Waals surface area contributed by atoms with Gasteiger partial charge in [0.05, 0.1) is 11.9 Å². The molecule has 98 valence electrons. The Kier molecular flexibility index (Phi) is 3.98. The molecular weight excluding hydrogens is 254 g/mol. The Morgan fingerprint density at radius 3 is 2.61 bits per heavy atom. The van der Waals surface area contributed by atoms with E-state index in [1.165, 1.54) is 0 Å². The van der Waals surface area contributed by atoms with Crippen molar-refractivity contribution in [3.8, 4) is 0 Å². The lowest BCUT2D eigenvalue weighted by atomic mass is 10.2. The third kappa shape index (κ3) is 3.54. The molecule has 0 amide bonds. The number of rotatable bonds is 5. The van der Waals surface area contributed by atoms with E-state index in [1.54, 1.807) is 24.3 Å². The quantitative estimate of drug-likeness (QED) is 0.820. The lowest BCUT2D eigenvalue weighted by molar-refractivity contribution is 0.112. The molecule has 1 aliphatic rings. The van der Waals surface area contributed by atoms with Gasteiger partial charge in [-0.05, 0) is 37.1 Å². The van der Waals surface area contributed by atoms with E-state index >= 15 is 0 Å². The molecule has 0 spiro atoms. The molecule has 18 heavy (non-hydrogen) atoms. The lowest BCUT2D eigenvalue weighted by Crippen LogP contribution is -2.25. The van der Waals surface area contributed by atoms with E-state index < -0.39 is 10.0 Å². The summed E-state index contributed by atoms with van der Waals surface area (Å²) in [7, 11) is -3.40. The first-order valence-corrected chi connectivity index (χ1v) is 7.42. The second-order valence-corrected chi connectivity index (χ2v) is 6.03. The fourth-order valence-corrected chi connectivity index (χ4v) is 3.20. The highest BCUT2D eigenvalue weighted by molar-refractivity contribution is 7.92. The average molecular weight is 269 g/mol. The minimum atomic E-state index is -3.40. The first-order valence-electron chi connectivity index (χ1n) is 5.76. The molecule has 1 aromatic rings. The van der Waals surface area contributed by atoms with Gasteiger partial charge in [-0.25, -0.2) is 8.42 Å². The fourth-order valence-electron chi connectivity index (χ4n) is 1.87. The molecule has 1 atom stereocenters. The summed E-state index contributed by atoms with van der Waals surface area (Å²) in [6.07, 6.45) is 2.20. The molecule has 1 saturated heterocycles. The van der Waals surface area contributed by atoms with Crippen LogP contribution in [0.5, 0.6) is 0 Å². The standard InChI is InChI=1S/C12H15NO4S/c14-8-10-3-5-11(6-4-10)13-18(15,16)9-12-2-1-7-17-12/h3-6,8,12-13H,1-2,7,9H2. The molecule has 0 bridgehead atoms. The van der Waals surface area contributed by atoms with Crippen molar-refractivity contribution < 1.29 is 17.9 Å². The molecule has 0 aliphatic carbocycles. The van der Waals surface area contributed by atoms with Crippen LogP contribution in [0.1, 0.15) is 23.2 Å². The van der Waals surface area contributed by atoms with Crippen molar-refractivity contribution in [3.63, 3.8) is 0 Å². The molecule has 1 aliphatic heterocycles. The molecule has 5 nitrogen and oxygen atoms in total. The maximum atomic E-state index is 11.8. The van der Waals surface area contributed by atoms with Crippen molar-refractivity contribution in [2.75, 3.05) is 17.1 Å². The zero-order valence-electron chi connectivity index (χ0n) is 9.83. The topological polar surface area (TPSA) is 72.5 Å². The molecule has 1 unspecified atom stereocenters. The van der Waals surface area contributed by atoms with E-state index in [0.717, 1.165) is 12.8 Å². The van der Waals surface area contributed by atoms with Crippen molar-refractivity contribution >= 4 is 22.0 Å². The second kappa shape index (κ2) is 5.49. The van der Waals surface area contributed by atoms with Gasteiger partial charge in [-0.1, -0.05) is 0 Å². The minimum absolute atomic E-state index is 0.0254. The van der Waals surface area contributed by atoms with Gasteiger partial charge in [0.2, 0.25) is 10.0 Å². The Balaban J connectivity index is 1.99. The molecule has 6 heteroatoms. The van der Waals surface area contributed by atoms with Crippen molar-refractivity contribution in [1.29, 1.82) is 0 Å². The van der Waals surface area contributed by atoms with Crippen molar-refractivity contribution in [2.45, 2.75) is 18.9 Å². The molecule has 1 heterocycles. The van der Waals surface area contributed by atoms with E-state index in [2.05, 4.69) is 4.72 Å². The maximum absolute atomic E-state index is 11.8. The maximum Gasteiger partial charge on any atom is 0.235 e. The van der Waals surface area contributed by atoms with Gasteiger partial charge in [0.15, 0.2) is 0 Å². The number of carbonyl (C=O) groups is 1. The highest BCUT2D eigenvalue weighted by atomic mass is 32.2. The Morgan fingerprint density at radius 1 is 1.33 bits per heavy atom. The smallest absolute Gasteiger partial charge is 0.235 e. The summed E-state index contributed by atoms with van der Waals surface area (Å²) in [5, 5.41) is 0. The number of hydrogen-bond donors (Lipinski definition) is 1. The van der Waals surface area contributed by atoms with Crippen LogP contribution in [0.25, 0.3) is 0 Å². The van der Waals surface area contributed by atoms with E-state index in [0.29, 0.717) is 24.1 Å². The van der Waals surface area contributed by atoms with Gasteiger partial charge < -0.3 is 4.74 Å². The first-order chi connectivity index (χ1) is 8.59. The highest BCUT2D eigenvalue weighted by Crippen LogP contribution is 2.16. The summed E-state index contributed by atoms with van der Waals surface area (Å²) in [4.78, 5) is 10.5. The number of benzene rings is 1. The molecule has 2 rings (SSSR count). The number of carbonyl (C=O) groups excluding carboxylic acids is 1. The molecule has 1 aromatic carbocycles. The molecule has 0 saturated carbocycles. The van der Waals surface area contributed by atoms with Crippen molar-refractivity contribution in [2.24, 2.45) is 0 Å². The van der Waals surface area contributed by atoms with E-state index in [9.17, 15) is 13.2 Å². The van der Waals surface area contributed by atoms with Crippen LogP contribution in [0.4, 0.5) is 5.69 Å². The SMILES string of the molecule is O=Cc1ccc(NS(=O)(=O)CC2CCCO2)cc1. The number of ether oxygens (including phenoxy) is 1. The number of hydrogen-bond acceptors (Lipinski definition) is 4. The fraction of sp³-hybridized carbons (Fsp3) is 0.417. The summed E-state index contributed by atoms with van der Waals surface area (Å²) in [5.41, 5.74) is 0.968. The van der Waals surface area contributed by atoms with Crippen molar-refractivity contribution in [1.82, 2.24) is 0 Å². The Bertz CT molecular complexity index is 503. The molecule has 1 fully saturated rings. The van der Waals surface area contributed by atoms with Crippen LogP contribution in [0.3, 0.4) is 0 Å². The monoisotopic (exact) mass is 269 g/mol. The zero-order valence-corrected chi connectivity index (χ0v) is 10.7. The summed E-state index contributed by atoms with van der Waals surface area (Å²) >= 11 is 0. The largest absolute Gasteiger partial charge is 0.377 e. The molecule has 0 radical (unpaired) electrons. The number of nitrogens with one attached hydrogen (secondary N) is 1. The van der Waals surface area contributed by atoms with Gasteiger partial charge in [0.1, 0.15) is 6.29 Å². The summed E-state index contributed by atoms with van der Waals surface area (Å²) < 4.78 is 31.5. The Hall–Kier alpha value is -1.40. The van der Waals surface area contributed by atoms with Crippen molar-refractivity contribution in [3.05, 3.63) is 29.8 Å². The van der Waals surface area contributed by atoms with Gasteiger partial charge >= 0.3 is 0 Å². The van der Waals surface area contributed by atoms with Gasteiger partial charge in [0.25, 0.3) is 0 Å². The van der Waals surface area contributed by atoms with Gasteiger partial charge in [0, 0.05) is 17.9 Å². The van der Waals surface area contributed by atoms with Crippen LogP contribution in [-0.2, 0) is 14.8 Å². The van der Waals surface area contributed by atoms with Crippen LogP contribution < -0.4 is 4.72 Å². The minimum Gasteiger partial charge on any atom is -0.377 e. The van der Waals surface area contributed by atoms with Gasteiger partial charge in [-0.3, -0.25) is 9.52 Å². The lowest BCUT2D eigenvalue weighted by Gasteiger charge is -2.12. The molecule has 1 N–H and O–H groups in total. The number of aldehydes is 1. The predicted octanol–water partition coefficient (Wildman–Crippen LogP) is 1.42. The number of anilines is 1. The van der Waals surface area contributed by atoms with Crippen LogP contribution >= 0.6 is 0 Å². The predicted molar refractivity (Wildman–Crippen MR) is 68.2 cm³/mol. The highest BCUT2D eigenvalue weighted by Gasteiger charge is 2.23.